The molecule has 1 unspecified atom stereocenters. The van der Waals surface area contributed by atoms with Crippen LogP contribution in [0.2, 0.25) is 0 Å². The summed E-state index contributed by atoms with van der Waals surface area (Å²) in [5.41, 5.74) is 1.85. The molecule has 2 aromatic carbocycles. The Labute approximate surface area is 174 Å². The largest absolute Gasteiger partial charge is 0.494 e. The predicted octanol–water partition coefficient (Wildman–Crippen LogP) is 2.57. The maximum absolute atomic E-state index is 12.9. The van der Waals surface area contributed by atoms with Crippen LogP contribution in [0.25, 0.3) is 0 Å². The first-order valence-corrected chi connectivity index (χ1v) is 9.81. The van der Waals surface area contributed by atoms with E-state index in [1.165, 1.54) is 18.9 Å². The molecule has 0 spiro atoms. The van der Waals surface area contributed by atoms with Gasteiger partial charge in [-0.25, -0.2) is 0 Å². The van der Waals surface area contributed by atoms with Crippen LogP contribution in [-0.4, -0.2) is 44.0 Å². The number of anilines is 3. The molecule has 1 saturated heterocycles. The summed E-state index contributed by atoms with van der Waals surface area (Å²) in [7, 11) is 1.52. The van der Waals surface area contributed by atoms with Crippen molar-refractivity contribution in [3.8, 4) is 11.5 Å². The van der Waals surface area contributed by atoms with Crippen LogP contribution in [0.1, 0.15) is 19.8 Å². The van der Waals surface area contributed by atoms with Crippen molar-refractivity contribution < 1.29 is 23.9 Å². The molecule has 0 saturated carbocycles. The Morgan fingerprint density at radius 1 is 1.17 bits per heavy atom. The maximum atomic E-state index is 12.9. The first kappa shape index (κ1) is 19.8. The fraction of sp³-hybridized carbons (Fsp3) is 0.318. The summed E-state index contributed by atoms with van der Waals surface area (Å²) >= 11 is 0. The van der Waals surface area contributed by atoms with Crippen LogP contribution in [0.5, 0.6) is 11.5 Å². The van der Waals surface area contributed by atoms with Crippen LogP contribution in [-0.2, 0) is 14.4 Å². The number of hydrogen-bond donors (Lipinski definition) is 1. The van der Waals surface area contributed by atoms with Crippen molar-refractivity contribution >= 4 is 34.8 Å². The van der Waals surface area contributed by atoms with E-state index in [-0.39, 0.29) is 24.3 Å². The predicted molar refractivity (Wildman–Crippen MR) is 112 cm³/mol. The zero-order valence-electron chi connectivity index (χ0n) is 16.9. The highest BCUT2D eigenvalue weighted by Crippen LogP contribution is 2.35. The van der Waals surface area contributed by atoms with Gasteiger partial charge in [0.05, 0.1) is 25.0 Å². The molecule has 1 fully saturated rings. The van der Waals surface area contributed by atoms with Crippen molar-refractivity contribution in [1.82, 2.24) is 0 Å². The molecule has 2 aliphatic rings. The quantitative estimate of drug-likeness (QED) is 0.839. The number of nitrogens with zero attached hydrogens (tertiary/aromatic N) is 2. The Morgan fingerprint density at radius 2 is 1.97 bits per heavy atom. The molecule has 1 N–H and O–H groups in total. The van der Waals surface area contributed by atoms with Crippen molar-refractivity contribution in [2.75, 3.05) is 35.3 Å². The fourth-order valence-corrected chi connectivity index (χ4v) is 3.77. The van der Waals surface area contributed by atoms with E-state index < -0.39 is 6.10 Å². The summed E-state index contributed by atoms with van der Waals surface area (Å²) in [6.07, 6.45) is 0.484. The molecular weight excluding hydrogens is 386 g/mol. The number of methoxy groups -OCH3 is 1. The molecule has 2 aliphatic heterocycles. The van der Waals surface area contributed by atoms with Gasteiger partial charge in [0.1, 0.15) is 11.5 Å². The fourth-order valence-electron chi connectivity index (χ4n) is 3.77. The molecule has 0 bridgehead atoms. The van der Waals surface area contributed by atoms with Crippen molar-refractivity contribution in [2.45, 2.75) is 25.9 Å². The van der Waals surface area contributed by atoms with E-state index >= 15 is 0 Å². The second kappa shape index (κ2) is 8.06. The molecule has 3 amide bonds. The van der Waals surface area contributed by atoms with Gasteiger partial charge in [0, 0.05) is 31.6 Å². The number of ether oxygens (including phenoxy) is 2. The minimum absolute atomic E-state index is 0.0590. The van der Waals surface area contributed by atoms with Gasteiger partial charge in [-0.2, -0.15) is 0 Å². The van der Waals surface area contributed by atoms with Gasteiger partial charge < -0.3 is 24.6 Å². The summed E-state index contributed by atoms with van der Waals surface area (Å²) in [6, 6.07) is 12.3. The Bertz CT molecular complexity index is 1010. The number of nitrogens with one attached hydrogen (secondary N) is 1. The van der Waals surface area contributed by atoms with Crippen LogP contribution in [0.4, 0.5) is 17.1 Å². The van der Waals surface area contributed by atoms with Crippen LogP contribution in [0.3, 0.4) is 0 Å². The van der Waals surface area contributed by atoms with Crippen molar-refractivity contribution in [2.24, 2.45) is 0 Å². The zero-order valence-corrected chi connectivity index (χ0v) is 16.9. The third-order valence-corrected chi connectivity index (χ3v) is 5.26. The van der Waals surface area contributed by atoms with Crippen molar-refractivity contribution in [3.05, 3.63) is 42.5 Å². The normalized spacial score (nSPS) is 17.9. The monoisotopic (exact) mass is 409 g/mol. The number of rotatable bonds is 4. The number of benzene rings is 2. The smallest absolute Gasteiger partial charge is 0.267 e. The molecule has 8 nitrogen and oxygen atoms in total. The van der Waals surface area contributed by atoms with Gasteiger partial charge in [-0.05, 0) is 30.7 Å². The first-order chi connectivity index (χ1) is 14.5. The summed E-state index contributed by atoms with van der Waals surface area (Å²) in [4.78, 5) is 40.2. The van der Waals surface area contributed by atoms with Crippen LogP contribution in [0.15, 0.2) is 42.5 Å². The molecule has 0 radical (unpaired) electrons. The number of fused-ring (bicyclic) bond motifs is 1. The molecule has 4 rings (SSSR count). The number of hydrogen-bond acceptors (Lipinski definition) is 5. The first-order valence-electron chi connectivity index (χ1n) is 9.81. The molecule has 0 aromatic heterocycles. The minimum atomic E-state index is -0.852. The number of carbonyl (C=O) groups excluding carboxylic acids is 3. The minimum Gasteiger partial charge on any atom is -0.494 e. The van der Waals surface area contributed by atoms with Crippen molar-refractivity contribution in [3.63, 3.8) is 0 Å². The van der Waals surface area contributed by atoms with E-state index in [4.69, 9.17) is 9.47 Å². The summed E-state index contributed by atoms with van der Waals surface area (Å²) < 4.78 is 11.3. The molecular formula is C22H23N3O5. The van der Waals surface area contributed by atoms with Crippen LogP contribution >= 0.6 is 0 Å². The Kier molecular flexibility index (Phi) is 5.31. The number of para-hydroxylation sites is 2. The second-order valence-electron chi connectivity index (χ2n) is 7.23. The molecule has 8 heteroatoms. The average molecular weight is 409 g/mol. The van der Waals surface area contributed by atoms with Gasteiger partial charge >= 0.3 is 0 Å². The Morgan fingerprint density at radius 3 is 2.67 bits per heavy atom. The molecule has 0 aliphatic carbocycles. The maximum Gasteiger partial charge on any atom is 0.267 e. The van der Waals surface area contributed by atoms with Gasteiger partial charge in [-0.3, -0.25) is 14.4 Å². The summed E-state index contributed by atoms with van der Waals surface area (Å²) in [5, 5.41) is 2.82. The summed E-state index contributed by atoms with van der Waals surface area (Å²) in [5.74, 6) is 0.513. The third kappa shape index (κ3) is 3.68. The number of amides is 3. The van der Waals surface area contributed by atoms with E-state index in [9.17, 15) is 14.4 Å². The average Bonchev–Trinajstić information content (AvgIpc) is 3.18. The lowest BCUT2D eigenvalue weighted by Gasteiger charge is -2.33. The lowest BCUT2D eigenvalue weighted by molar-refractivity contribution is -0.123. The van der Waals surface area contributed by atoms with Gasteiger partial charge in [-0.15, -0.1) is 0 Å². The Hall–Kier alpha value is -3.55. The molecule has 2 aromatic rings. The Balaban J connectivity index is 1.53. The molecule has 30 heavy (non-hydrogen) atoms. The van der Waals surface area contributed by atoms with E-state index in [0.29, 0.717) is 41.5 Å². The molecule has 1 atom stereocenters. The topological polar surface area (TPSA) is 88.2 Å². The summed E-state index contributed by atoms with van der Waals surface area (Å²) in [6.45, 7) is 2.23. The zero-order chi connectivity index (χ0) is 21.3. The second-order valence-corrected chi connectivity index (χ2v) is 7.23. The van der Waals surface area contributed by atoms with Crippen LogP contribution < -0.4 is 24.6 Å². The molecule has 156 valence electrons. The standard InChI is InChI=1S/C22H23N3O5/c1-14(26)25-13-20(30-18-7-4-3-6-16(18)25)22(28)23-15-9-10-17(19(12-15)29-2)24-11-5-8-21(24)27/h3-4,6-7,9-10,12,20H,5,8,11,13H2,1-2H3,(H,23,28). The van der Waals surface area contributed by atoms with Gasteiger partial charge in [0.25, 0.3) is 5.91 Å². The van der Waals surface area contributed by atoms with Crippen LogP contribution in [0, 0.1) is 0 Å². The van der Waals surface area contributed by atoms with E-state index in [1.807, 2.05) is 6.07 Å². The van der Waals surface area contributed by atoms with E-state index in [2.05, 4.69) is 5.32 Å². The highest BCUT2D eigenvalue weighted by Gasteiger charge is 2.33. The van der Waals surface area contributed by atoms with E-state index in [1.54, 1.807) is 41.3 Å². The highest BCUT2D eigenvalue weighted by molar-refractivity contribution is 6.00. The third-order valence-electron chi connectivity index (χ3n) is 5.26. The lowest BCUT2D eigenvalue weighted by Crippen LogP contribution is -2.48. The highest BCUT2D eigenvalue weighted by atomic mass is 16.5. The van der Waals surface area contributed by atoms with Gasteiger partial charge in [0.15, 0.2) is 6.10 Å². The lowest BCUT2D eigenvalue weighted by atomic mass is 10.1. The van der Waals surface area contributed by atoms with E-state index in [0.717, 1.165) is 6.42 Å². The van der Waals surface area contributed by atoms with Gasteiger partial charge in [0.2, 0.25) is 11.8 Å². The SMILES string of the molecule is COc1cc(NC(=O)C2CN(C(C)=O)c3ccccc3O2)ccc1N1CCCC1=O. The van der Waals surface area contributed by atoms with Crippen molar-refractivity contribution in [1.29, 1.82) is 0 Å². The molecule has 2 heterocycles. The number of carbonyl (C=O) groups is 3. The van der Waals surface area contributed by atoms with Gasteiger partial charge in [-0.1, -0.05) is 12.1 Å².